The van der Waals surface area contributed by atoms with Crippen molar-refractivity contribution < 1.29 is 14.0 Å². The molecule has 5 nitrogen and oxygen atoms in total. The quantitative estimate of drug-likeness (QED) is 0.830. The molecule has 2 aromatic rings. The first-order chi connectivity index (χ1) is 12.8. The van der Waals surface area contributed by atoms with Gasteiger partial charge in [0.25, 0.3) is 11.8 Å². The Labute approximate surface area is 159 Å². The Bertz CT molecular complexity index is 847. The Kier molecular flexibility index (Phi) is 5.35. The van der Waals surface area contributed by atoms with Gasteiger partial charge in [-0.25, -0.2) is 4.39 Å². The van der Waals surface area contributed by atoms with Crippen LogP contribution in [0.25, 0.3) is 0 Å². The molecule has 0 atom stereocenters. The van der Waals surface area contributed by atoms with Gasteiger partial charge < -0.3 is 14.4 Å². The number of carbonyl (C=O) groups excluding carboxylic acids is 2. The molecule has 1 aliphatic rings. The summed E-state index contributed by atoms with van der Waals surface area (Å²) >= 11 is 0. The summed E-state index contributed by atoms with van der Waals surface area (Å²) in [6.07, 6.45) is 0. The molecule has 144 valence electrons. The Morgan fingerprint density at radius 2 is 1.44 bits per heavy atom. The lowest BCUT2D eigenvalue weighted by Gasteiger charge is -2.35. The van der Waals surface area contributed by atoms with Crippen molar-refractivity contribution in [3.63, 3.8) is 0 Å². The number of halogens is 1. The van der Waals surface area contributed by atoms with E-state index in [0.717, 1.165) is 17.0 Å². The van der Waals surface area contributed by atoms with Gasteiger partial charge in [0.2, 0.25) is 0 Å². The van der Waals surface area contributed by atoms with Gasteiger partial charge in [-0.15, -0.1) is 0 Å². The highest BCUT2D eigenvalue weighted by molar-refractivity contribution is 5.97. The van der Waals surface area contributed by atoms with Gasteiger partial charge in [0.15, 0.2) is 0 Å². The topological polar surface area (TPSA) is 45.6 Å². The zero-order valence-electron chi connectivity index (χ0n) is 16.3. The molecule has 6 heteroatoms. The molecule has 0 aliphatic carbocycles. The summed E-state index contributed by atoms with van der Waals surface area (Å²) in [4.78, 5) is 29.0. The first-order valence-electron chi connectivity index (χ1n) is 9.32. The maximum atomic E-state index is 13.0. The predicted molar refractivity (Wildman–Crippen MR) is 102 cm³/mol. The monoisotopic (exact) mass is 371 g/mol. The molecular weight excluding hydrogens is 345 g/mol. The summed E-state index contributed by atoms with van der Waals surface area (Å²) < 4.78 is 15.2. The number of hydrogen-bond acceptors (Lipinski definition) is 2. The molecule has 2 heterocycles. The van der Waals surface area contributed by atoms with Crippen LogP contribution in [0.4, 0.5) is 4.39 Å². The lowest BCUT2D eigenvalue weighted by atomic mass is 10.1. The van der Waals surface area contributed by atoms with Crippen LogP contribution >= 0.6 is 0 Å². The average Bonchev–Trinajstić information content (AvgIpc) is 2.95. The highest BCUT2D eigenvalue weighted by Crippen LogP contribution is 2.22. The molecule has 2 amide bonds. The third kappa shape index (κ3) is 3.75. The fourth-order valence-corrected chi connectivity index (χ4v) is 3.85. The van der Waals surface area contributed by atoms with Crippen LogP contribution in [0.1, 0.15) is 52.0 Å². The molecule has 27 heavy (non-hydrogen) atoms. The molecule has 1 aromatic carbocycles. The smallest absolute Gasteiger partial charge is 0.255 e. The number of piperazine rings is 1. The van der Waals surface area contributed by atoms with Crippen molar-refractivity contribution in [1.29, 1.82) is 0 Å². The zero-order chi connectivity index (χ0) is 19.7. The average molecular weight is 371 g/mol. The minimum Gasteiger partial charge on any atom is -0.346 e. The van der Waals surface area contributed by atoms with Gasteiger partial charge in [-0.3, -0.25) is 9.59 Å². The number of rotatable bonds is 3. The van der Waals surface area contributed by atoms with Crippen molar-refractivity contribution >= 4 is 11.8 Å². The summed E-state index contributed by atoms with van der Waals surface area (Å²) in [5.74, 6) is -0.468. The molecule has 0 spiro atoms. The molecule has 1 aliphatic heterocycles. The highest BCUT2D eigenvalue weighted by atomic mass is 19.1. The number of aromatic nitrogens is 1. The fourth-order valence-electron chi connectivity index (χ4n) is 3.85. The van der Waals surface area contributed by atoms with E-state index < -0.39 is 0 Å². The van der Waals surface area contributed by atoms with Crippen LogP contribution in [0.15, 0.2) is 30.3 Å². The first kappa shape index (κ1) is 19.1. The summed E-state index contributed by atoms with van der Waals surface area (Å²) in [6.45, 7) is 10.2. The van der Waals surface area contributed by atoms with Gasteiger partial charge in [0.1, 0.15) is 5.82 Å². The SMILES string of the molecule is Cc1cc(C(=O)N2CCN(C(=O)c3ccc(F)cc3)CC2)c(C)n1C(C)C. The zero-order valence-corrected chi connectivity index (χ0v) is 16.3. The molecule has 3 rings (SSSR count). The second-order valence-electron chi connectivity index (χ2n) is 7.34. The van der Waals surface area contributed by atoms with Gasteiger partial charge in [-0.05, 0) is 58.0 Å². The Hall–Kier alpha value is -2.63. The van der Waals surface area contributed by atoms with E-state index in [1.54, 1.807) is 9.80 Å². The van der Waals surface area contributed by atoms with E-state index in [-0.39, 0.29) is 17.6 Å². The van der Waals surface area contributed by atoms with Crippen molar-refractivity contribution in [2.45, 2.75) is 33.7 Å². The number of aryl methyl sites for hydroxylation is 1. The Balaban J connectivity index is 1.67. The summed E-state index contributed by atoms with van der Waals surface area (Å²) in [7, 11) is 0. The maximum Gasteiger partial charge on any atom is 0.255 e. The van der Waals surface area contributed by atoms with Gasteiger partial charge in [0, 0.05) is 49.2 Å². The molecule has 1 saturated heterocycles. The second-order valence-corrected chi connectivity index (χ2v) is 7.34. The minimum atomic E-state index is -0.360. The largest absolute Gasteiger partial charge is 0.346 e. The summed E-state index contributed by atoms with van der Waals surface area (Å²) in [5.41, 5.74) is 3.27. The number of nitrogens with zero attached hydrogens (tertiary/aromatic N) is 3. The fraction of sp³-hybridized carbons (Fsp3) is 0.429. The molecular formula is C21H26FN3O2. The van der Waals surface area contributed by atoms with E-state index in [4.69, 9.17) is 0 Å². The maximum absolute atomic E-state index is 13.0. The van der Waals surface area contributed by atoms with E-state index in [1.807, 2.05) is 19.9 Å². The molecule has 0 bridgehead atoms. The summed E-state index contributed by atoms with van der Waals surface area (Å²) in [5, 5.41) is 0. The van der Waals surface area contributed by atoms with E-state index in [0.29, 0.717) is 37.8 Å². The van der Waals surface area contributed by atoms with Crippen LogP contribution in [-0.4, -0.2) is 52.4 Å². The first-order valence-corrected chi connectivity index (χ1v) is 9.32. The molecule has 1 fully saturated rings. The minimum absolute atomic E-state index is 0.0175. The van der Waals surface area contributed by atoms with Gasteiger partial charge in [-0.2, -0.15) is 0 Å². The Morgan fingerprint density at radius 3 is 1.93 bits per heavy atom. The van der Waals surface area contributed by atoms with Crippen LogP contribution in [0.3, 0.4) is 0 Å². The van der Waals surface area contributed by atoms with Gasteiger partial charge in [-0.1, -0.05) is 0 Å². The van der Waals surface area contributed by atoms with E-state index >= 15 is 0 Å². The standard InChI is InChI=1S/C21H26FN3O2/c1-14(2)25-15(3)13-19(16(25)4)21(27)24-11-9-23(10-12-24)20(26)17-5-7-18(22)8-6-17/h5-8,13-14H,9-12H2,1-4H3. The second kappa shape index (κ2) is 7.55. The number of hydrogen-bond donors (Lipinski definition) is 0. The van der Waals surface area contributed by atoms with Crippen LogP contribution in [0, 0.1) is 19.7 Å². The van der Waals surface area contributed by atoms with Crippen molar-refractivity contribution in [3.05, 3.63) is 58.7 Å². The van der Waals surface area contributed by atoms with Gasteiger partial charge >= 0.3 is 0 Å². The molecule has 0 unspecified atom stereocenters. The van der Waals surface area contributed by atoms with Crippen molar-refractivity contribution in [3.8, 4) is 0 Å². The van der Waals surface area contributed by atoms with Crippen LogP contribution in [0.5, 0.6) is 0 Å². The third-order valence-electron chi connectivity index (χ3n) is 5.18. The van der Waals surface area contributed by atoms with E-state index in [1.165, 1.54) is 24.3 Å². The Morgan fingerprint density at radius 1 is 0.926 bits per heavy atom. The number of amides is 2. The van der Waals surface area contributed by atoms with Crippen molar-refractivity contribution in [2.24, 2.45) is 0 Å². The highest BCUT2D eigenvalue weighted by Gasteiger charge is 2.27. The van der Waals surface area contributed by atoms with E-state index in [2.05, 4.69) is 18.4 Å². The molecule has 0 saturated carbocycles. The lowest BCUT2D eigenvalue weighted by Crippen LogP contribution is -2.50. The lowest BCUT2D eigenvalue weighted by molar-refractivity contribution is 0.0535. The van der Waals surface area contributed by atoms with E-state index in [9.17, 15) is 14.0 Å². The molecule has 0 N–H and O–H groups in total. The van der Waals surface area contributed by atoms with Crippen LogP contribution in [0.2, 0.25) is 0 Å². The molecule has 0 radical (unpaired) electrons. The normalized spacial score (nSPS) is 14.7. The predicted octanol–water partition coefficient (Wildman–Crippen LogP) is 3.42. The van der Waals surface area contributed by atoms with Crippen LogP contribution in [-0.2, 0) is 0 Å². The number of benzene rings is 1. The van der Waals surface area contributed by atoms with Crippen molar-refractivity contribution in [2.75, 3.05) is 26.2 Å². The summed E-state index contributed by atoms with van der Waals surface area (Å²) in [6, 6.07) is 7.82. The number of carbonyl (C=O) groups is 2. The third-order valence-corrected chi connectivity index (χ3v) is 5.18. The molecule has 1 aromatic heterocycles. The van der Waals surface area contributed by atoms with Crippen molar-refractivity contribution in [1.82, 2.24) is 14.4 Å². The van der Waals surface area contributed by atoms with Gasteiger partial charge in [0.05, 0.1) is 5.56 Å². The van der Waals surface area contributed by atoms with Crippen LogP contribution < -0.4 is 0 Å².